The first-order chi connectivity index (χ1) is 9.04. The highest BCUT2D eigenvalue weighted by atomic mass is 35.5. The molecule has 112 valence electrons. The predicted octanol–water partition coefficient (Wildman–Crippen LogP) is 3.15. The van der Waals surface area contributed by atoms with Crippen LogP contribution in [0.1, 0.15) is 40.2 Å². The quantitative estimate of drug-likeness (QED) is 0.877. The molecule has 3 nitrogen and oxygen atoms in total. The smallest absolute Gasteiger partial charge is 0.227 e. The van der Waals surface area contributed by atoms with Crippen molar-refractivity contribution in [1.29, 1.82) is 0 Å². The summed E-state index contributed by atoms with van der Waals surface area (Å²) in [6, 6.07) is 7.72. The topological polar surface area (TPSA) is 55.1 Å². The molecule has 1 aromatic carbocycles. The van der Waals surface area contributed by atoms with Gasteiger partial charge in [0.25, 0.3) is 0 Å². The van der Waals surface area contributed by atoms with Crippen LogP contribution in [0.25, 0.3) is 0 Å². The number of hydrogen-bond donors (Lipinski definition) is 2. The van der Waals surface area contributed by atoms with Crippen molar-refractivity contribution in [2.24, 2.45) is 11.1 Å². The van der Waals surface area contributed by atoms with Gasteiger partial charge >= 0.3 is 0 Å². The number of carbonyl (C=O) groups excluding carboxylic acids is 1. The molecule has 0 bridgehead atoms. The van der Waals surface area contributed by atoms with Gasteiger partial charge in [0.15, 0.2) is 0 Å². The lowest BCUT2D eigenvalue weighted by atomic mass is 9.74. The van der Waals surface area contributed by atoms with E-state index in [0.717, 1.165) is 17.0 Å². The first-order valence-electron chi connectivity index (χ1n) is 6.88. The van der Waals surface area contributed by atoms with Crippen LogP contribution in [0.15, 0.2) is 24.3 Å². The van der Waals surface area contributed by atoms with Crippen LogP contribution in [0.5, 0.6) is 0 Å². The van der Waals surface area contributed by atoms with Crippen LogP contribution in [0, 0.1) is 5.41 Å². The van der Waals surface area contributed by atoms with E-state index < -0.39 is 11.0 Å². The Bertz CT molecular complexity index is 460. The first-order valence-corrected chi connectivity index (χ1v) is 7.26. The van der Waals surface area contributed by atoms with Gasteiger partial charge in [-0.1, -0.05) is 23.7 Å². The lowest BCUT2D eigenvalue weighted by Crippen LogP contribution is -2.56. The van der Waals surface area contributed by atoms with Gasteiger partial charge in [-0.15, -0.1) is 0 Å². The molecule has 0 aromatic heterocycles. The number of carbonyl (C=O) groups is 1. The predicted molar refractivity (Wildman–Crippen MR) is 84.8 cm³/mol. The molecule has 0 aliphatic heterocycles. The molecule has 0 spiro atoms. The number of nitrogens with two attached hydrogens (primary N) is 1. The van der Waals surface area contributed by atoms with Crippen LogP contribution in [0.3, 0.4) is 0 Å². The van der Waals surface area contributed by atoms with Crippen LogP contribution >= 0.6 is 11.6 Å². The van der Waals surface area contributed by atoms with Crippen LogP contribution in [0.2, 0.25) is 5.02 Å². The average Bonchev–Trinajstić information content (AvgIpc) is 2.30. The standard InChI is InChI=1S/C16H25ClN2O/c1-11(10-12-6-8-13(17)9-7-12)19-14(20)15(2,3)16(4,5)18/h6-9,11H,10,18H2,1-5H3,(H,19,20). The van der Waals surface area contributed by atoms with Crippen molar-refractivity contribution >= 4 is 17.5 Å². The van der Waals surface area contributed by atoms with E-state index in [0.29, 0.717) is 0 Å². The largest absolute Gasteiger partial charge is 0.353 e. The van der Waals surface area contributed by atoms with E-state index in [1.54, 1.807) is 0 Å². The minimum absolute atomic E-state index is 0.0218. The summed E-state index contributed by atoms with van der Waals surface area (Å²) in [7, 11) is 0. The van der Waals surface area contributed by atoms with E-state index in [2.05, 4.69) is 5.32 Å². The van der Waals surface area contributed by atoms with E-state index in [9.17, 15) is 4.79 Å². The highest BCUT2D eigenvalue weighted by Gasteiger charge is 2.40. The minimum atomic E-state index is -0.624. The second kappa shape index (κ2) is 6.15. The summed E-state index contributed by atoms with van der Waals surface area (Å²) < 4.78 is 0. The Kier molecular flexibility index (Phi) is 5.22. The summed E-state index contributed by atoms with van der Waals surface area (Å²) in [5, 5.41) is 3.76. The molecule has 1 rings (SSSR count). The third kappa shape index (κ3) is 4.22. The van der Waals surface area contributed by atoms with Crippen LogP contribution < -0.4 is 11.1 Å². The van der Waals surface area contributed by atoms with Gasteiger partial charge in [0, 0.05) is 16.6 Å². The van der Waals surface area contributed by atoms with Gasteiger partial charge in [0.05, 0.1) is 5.41 Å². The van der Waals surface area contributed by atoms with E-state index in [1.807, 2.05) is 58.9 Å². The summed E-state index contributed by atoms with van der Waals surface area (Å²) in [6.45, 7) is 9.48. The summed E-state index contributed by atoms with van der Waals surface area (Å²) >= 11 is 5.86. The molecule has 20 heavy (non-hydrogen) atoms. The number of benzene rings is 1. The Hall–Kier alpha value is -1.06. The number of halogens is 1. The van der Waals surface area contributed by atoms with Gasteiger partial charge in [0.1, 0.15) is 0 Å². The molecule has 1 amide bonds. The molecule has 3 N–H and O–H groups in total. The Morgan fingerprint density at radius 3 is 2.20 bits per heavy atom. The van der Waals surface area contributed by atoms with Gasteiger partial charge in [-0.3, -0.25) is 4.79 Å². The molecule has 4 heteroatoms. The first kappa shape index (κ1) is 17.0. The van der Waals surface area contributed by atoms with Crippen LogP contribution in [-0.2, 0) is 11.2 Å². The SMILES string of the molecule is CC(Cc1ccc(Cl)cc1)NC(=O)C(C)(C)C(C)(C)N. The number of amides is 1. The van der Waals surface area contributed by atoms with Crippen molar-refractivity contribution in [2.75, 3.05) is 0 Å². The Labute approximate surface area is 126 Å². The van der Waals surface area contributed by atoms with Gasteiger partial charge in [0.2, 0.25) is 5.91 Å². The van der Waals surface area contributed by atoms with E-state index in [-0.39, 0.29) is 11.9 Å². The van der Waals surface area contributed by atoms with Crippen LogP contribution in [0.4, 0.5) is 0 Å². The minimum Gasteiger partial charge on any atom is -0.353 e. The summed E-state index contributed by atoms with van der Waals surface area (Å²) in [6.07, 6.45) is 0.768. The number of rotatable bonds is 5. The Morgan fingerprint density at radius 2 is 1.75 bits per heavy atom. The second-order valence-corrected chi connectivity index (χ2v) is 6.99. The summed E-state index contributed by atoms with van der Waals surface area (Å²) in [5.74, 6) is -0.0218. The Balaban J connectivity index is 2.64. The molecule has 0 aliphatic rings. The maximum Gasteiger partial charge on any atom is 0.227 e. The highest BCUT2D eigenvalue weighted by molar-refractivity contribution is 6.30. The number of hydrogen-bond acceptors (Lipinski definition) is 2. The molecule has 0 heterocycles. The molecule has 0 saturated carbocycles. The Morgan fingerprint density at radius 1 is 1.25 bits per heavy atom. The van der Waals surface area contributed by atoms with Gasteiger partial charge in [-0.25, -0.2) is 0 Å². The number of nitrogens with one attached hydrogen (secondary N) is 1. The van der Waals surface area contributed by atoms with Crippen LogP contribution in [-0.4, -0.2) is 17.5 Å². The van der Waals surface area contributed by atoms with Crippen molar-refractivity contribution in [3.05, 3.63) is 34.9 Å². The molecule has 1 aromatic rings. The fourth-order valence-corrected chi connectivity index (χ4v) is 1.85. The van der Waals surface area contributed by atoms with Gasteiger partial charge in [-0.05, 0) is 58.7 Å². The zero-order valence-electron chi connectivity index (χ0n) is 13.0. The molecule has 1 unspecified atom stereocenters. The average molecular weight is 297 g/mol. The molecular weight excluding hydrogens is 272 g/mol. The third-order valence-electron chi connectivity index (χ3n) is 4.01. The normalized spacial score (nSPS) is 13.9. The maximum atomic E-state index is 12.4. The van der Waals surface area contributed by atoms with Crippen molar-refractivity contribution in [1.82, 2.24) is 5.32 Å². The molecule has 0 aliphatic carbocycles. The molecule has 0 fully saturated rings. The zero-order chi connectivity index (χ0) is 15.6. The molecule has 0 radical (unpaired) electrons. The molecule has 0 saturated heterocycles. The van der Waals surface area contributed by atoms with E-state index in [4.69, 9.17) is 17.3 Å². The van der Waals surface area contributed by atoms with Gasteiger partial charge < -0.3 is 11.1 Å². The second-order valence-electron chi connectivity index (χ2n) is 6.55. The molecule has 1 atom stereocenters. The lowest BCUT2D eigenvalue weighted by molar-refractivity contribution is -0.132. The van der Waals surface area contributed by atoms with Gasteiger partial charge in [-0.2, -0.15) is 0 Å². The van der Waals surface area contributed by atoms with Crippen molar-refractivity contribution in [3.63, 3.8) is 0 Å². The van der Waals surface area contributed by atoms with Crippen molar-refractivity contribution < 1.29 is 4.79 Å². The summed E-state index contributed by atoms with van der Waals surface area (Å²) in [4.78, 5) is 12.4. The summed E-state index contributed by atoms with van der Waals surface area (Å²) in [5.41, 5.74) is 6.03. The van der Waals surface area contributed by atoms with E-state index >= 15 is 0 Å². The third-order valence-corrected chi connectivity index (χ3v) is 4.26. The van der Waals surface area contributed by atoms with E-state index in [1.165, 1.54) is 0 Å². The molecular formula is C16H25ClN2O. The lowest BCUT2D eigenvalue weighted by Gasteiger charge is -2.37. The van der Waals surface area contributed by atoms with Crippen molar-refractivity contribution in [3.8, 4) is 0 Å². The monoisotopic (exact) mass is 296 g/mol. The maximum absolute atomic E-state index is 12.4. The zero-order valence-corrected chi connectivity index (χ0v) is 13.7. The van der Waals surface area contributed by atoms with Crippen molar-refractivity contribution in [2.45, 2.75) is 52.6 Å². The fourth-order valence-electron chi connectivity index (χ4n) is 1.72. The fraction of sp³-hybridized carbons (Fsp3) is 0.562. The highest BCUT2D eigenvalue weighted by Crippen LogP contribution is 2.28.